The summed E-state index contributed by atoms with van der Waals surface area (Å²) in [6.07, 6.45) is 12.2. The highest BCUT2D eigenvalue weighted by Gasteiger charge is 2.47. The zero-order chi connectivity index (χ0) is 15.0. The summed E-state index contributed by atoms with van der Waals surface area (Å²) in [5.74, 6) is 1.14. The third kappa shape index (κ3) is 2.90. The van der Waals surface area contributed by atoms with Crippen LogP contribution in [0.15, 0.2) is 12.2 Å². The monoisotopic (exact) mass is 291 g/mol. The van der Waals surface area contributed by atoms with Crippen molar-refractivity contribution in [3.63, 3.8) is 0 Å². The fourth-order valence-electron chi connectivity index (χ4n) is 4.64. The lowest BCUT2D eigenvalue weighted by Crippen LogP contribution is -2.41. The van der Waals surface area contributed by atoms with Crippen molar-refractivity contribution in [2.45, 2.75) is 70.6 Å². The van der Waals surface area contributed by atoms with E-state index in [2.05, 4.69) is 37.9 Å². The minimum absolute atomic E-state index is 0.0500. The Kier molecular flexibility index (Phi) is 4.39. The van der Waals surface area contributed by atoms with Crippen LogP contribution in [0.3, 0.4) is 0 Å². The highest BCUT2D eigenvalue weighted by Crippen LogP contribution is 2.44. The average molecular weight is 291 g/mol. The molecule has 3 rings (SSSR count). The molecule has 3 fully saturated rings. The van der Waals surface area contributed by atoms with E-state index in [1.807, 2.05) is 0 Å². The molecule has 0 N–H and O–H groups in total. The lowest BCUT2D eigenvalue weighted by molar-refractivity contribution is -0.143. The zero-order valence-corrected chi connectivity index (χ0v) is 13.6. The molecule has 2 heterocycles. The van der Waals surface area contributed by atoms with Gasteiger partial charge in [-0.05, 0) is 52.5 Å². The van der Waals surface area contributed by atoms with Gasteiger partial charge in [0, 0.05) is 18.0 Å². The highest BCUT2D eigenvalue weighted by atomic mass is 16.6. The molecule has 1 saturated carbocycles. The topological polar surface area (TPSA) is 29.5 Å². The first-order chi connectivity index (χ1) is 10.1. The first kappa shape index (κ1) is 15.1. The van der Waals surface area contributed by atoms with Crippen LogP contribution in [-0.4, -0.2) is 36.1 Å². The van der Waals surface area contributed by atoms with Gasteiger partial charge in [0.25, 0.3) is 0 Å². The van der Waals surface area contributed by atoms with Gasteiger partial charge in [0.05, 0.1) is 5.92 Å². The maximum Gasteiger partial charge on any atom is 0.309 e. The molecule has 0 amide bonds. The molecule has 0 bridgehead atoms. The summed E-state index contributed by atoms with van der Waals surface area (Å²) in [5.41, 5.74) is 0. The van der Waals surface area contributed by atoms with Gasteiger partial charge in [-0.15, -0.1) is 0 Å². The predicted molar refractivity (Wildman–Crippen MR) is 83.9 cm³/mol. The summed E-state index contributed by atoms with van der Waals surface area (Å²) in [7, 11) is 2.24. The maximum absolute atomic E-state index is 11.9. The number of nitrogens with zero attached hydrogens (tertiary/aromatic N) is 1. The minimum Gasteiger partial charge on any atom is -0.462 e. The van der Waals surface area contributed by atoms with Gasteiger partial charge in [-0.2, -0.15) is 0 Å². The van der Waals surface area contributed by atoms with Gasteiger partial charge in [-0.3, -0.25) is 9.69 Å². The Morgan fingerprint density at radius 3 is 2.67 bits per heavy atom. The molecular formula is C18H29NO2. The lowest BCUT2D eigenvalue weighted by atomic mass is 9.71. The third-order valence-electron chi connectivity index (χ3n) is 6.08. The SMILES string of the molecule is C[C@@H]1OC(=O)[C@H]2CCC[C@@H](/C=C/[C@@H]3CCC[C@@H](C)N3C)[C@@H]12. The first-order valence-corrected chi connectivity index (χ1v) is 8.68. The fourth-order valence-corrected chi connectivity index (χ4v) is 4.64. The number of ether oxygens (including phenoxy) is 1. The molecule has 3 nitrogen and oxygen atoms in total. The first-order valence-electron chi connectivity index (χ1n) is 8.68. The van der Waals surface area contributed by atoms with Crippen molar-refractivity contribution in [3.8, 4) is 0 Å². The lowest BCUT2D eigenvalue weighted by Gasteiger charge is -2.37. The van der Waals surface area contributed by atoms with Gasteiger partial charge < -0.3 is 4.74 Å². The maximum atomic E-state index is 11.9. The Hall–Kier alpha value is -0.830. The zero-order valence-electron chi connectivity index (χ0n) is 13.6. The van der Waals surface area contributed by atoms with Gasteiger partial charge in [-0.25, -0.2) is 0 Å². The molecule has 0 aromatic heterocycles. The van der Waals surface area contributed by atoms with Crippen LogP contribution in [0, 0.1) is 17.8 Å². The van der Waals surface area contributed by atoms with Gasteiger partial charge in [0.15, 0.2) is 0 Å². The summed E-state index contributed by atoms with van der Waals surface area (Å²) < 4.78 is 5.49. The second kappa shape index (κ2) is 6.12. The summed E-state index contributed by atoms with van der Waals surface area (Å²) >= 11 is 0. The number of fused-ring (bicyclic) bond motifs is 1. The molecule has 0 aromatic carbocycles. The number of carbonyl (C=O) groups excluding carboxylic acids is 1. The van der Waals surface area contributed by atoms with Crippen molar-refractivity contribution in [3.05, 3.63) is 12.2 Å². The van der Waals surface area contributed by atoms with Crippen molar-refractivity contribution >= 4 is 5.97 Å². The average Bonchev–Trinajstić information content (AvgIpc) is 2.76. The molecule has 6 atom stereocenters. The molecule has 118 valence electrons. The highest BCUT2D eigenvalue weighted by molar-refractivity contribution is 5.75. The van der Waals surface area contributed by atoms with Crippen LogP contribution in [0.4, 0.5) is 0 Å². The largest absolute Gasteiger partial charge is 0.462 e. The van der Waals surface area contributed by atoms with Crippen molar-refractivity contribution in [1.82, 2.24) is 4.90 Å². The van der Waals surface area contributed by atoms with Crippen LogP contribution in [0.5, 0.6) is 0 Å². The Bertz CT molecular complexity index is 419. The van der Waals surface area contributed by atoms with Crippen LogP contribution in [0.2, 0.25) is 0 Å². The number of hydrogen-bond acceptors (Lipinski definition) is 3. The van der Waals surface area contributed by atoms with E-state index >= 15 is 0 Å². The molecule has 2 aliphatic heterocycles. The summed E-state index contributed by atoms with van der Waals surface area (Å²) in [5, 5.41) is 0. The van der Waals surface area contributed by atoms with Gasteiger partial charge in [0.2, 0.25) is 0 Å². The number of piperidine rings is 1. The molecule has 0 spiro atoms. The third-order valence-corrected chi connectivity index (χ3v) is 6.08. The van der Waals surface area contributed by atoms with E-state index in [4.69, 9.17) is 4.74 Å². The Balaban J connectivity index is 1.68. The molecule has 0 unspecified atom stereocenters. The molecule has 21 heavy (non-hydrogen) atoms. The summed E-state index contributed by atoms with van der Waals surface area (Å²) in [6.45, 7) is 4.39. The molecule has 3 heteroatoms. The molecule has 0 aromatic rings. The second-order valence-electron chi connectivity index (χ2n) is 7.32. The number of rotatable bonds is 2. The molecule has 3 aliphatic rings. The van der Waals surface area contributed by atoms with Crippen molar-refractivity contribution in [1.29, 1.82) is 0 Å². The van der Waals surface area contributed by atoms with Crippen LogP contribution in [0.1, 0.15) is 52.4 Å². The van der Waals surface area contributed by atoms with Crippen LogP contribution in [0.25, 0.3) is 0 Å². The van der Waals surface area contributed by atoms with E-state index in [9.17, 15) is 4.79 Å². The van der Waals surface area contributed by atoms with Crippen LogP contribution >= 0.6 is 0 Å². The second-order valence-corrected chi connectivity index (χ2v) is 7.32. The van der Waals surface area contributed by atoms with Gasteiger partial charge >= 0.3 is 5.97 Å². The Labute approximate surface area is 128 Å². The van der Waals surface area contributed by atoms with Crippen molar-refractivity contribution in [2.75, 3.05) is 7.05 Å². The number of likely N-dealkylation sites (tertiary alicyclic amines) is 1. The van der Waals surface area contributed by atoms with E-state index in [1.165, 1.54) is 25.7 Å². The smallest absolute Gasteiger partial charge is 0.309 e. The standard InChI is InChI=1S/C18H29NO2/c1-12-6-4-8-15(19(12)3)11-10-14-7-5-9-16-17(14)13(2)21-18(16)20/h10-17H,4-9H2,1-3H3/b11-10+/t12-,13+,14+,15+,16+,17-/m1/s1. The number of cyclic esters (lactones) is 1. The number of esters is 1. The summed E-state index contributed by atoms with van der Waals surface area (Å²) in [4.78, 5) is 14.4. The molecule has 1 aliphatic carbocycles. The van der Waals surface area contributed by atoms with Crippen LogP contribution < -0.4 is 0 Å². The van der Waals surface area contributed by atoms with Crippen molar-refractivity contribution < 1.29 is 9.53 Å². The number of likely N-dealkylation sites (N-methyl/N-ethyl adjacent to an activating group) is 1. The van der Waals surface area contributed by atoms with E-state index < -0.39 is 0 Å². The summed E-state index contributed by atoms with van der Waals surface area (Å²) in [6, 6.07) is 1.25. The van der Waals surface area contributed by atoms with E-state index in [0.717, 1.165) is 12.8 Å². The van der Waals surface area contributed by atoms with Crippen molar-refractivity contribution in [2.24, 2.45) is 17.8 Å². The van der Waals surface area contributed by atoms with E-state index in [1.54, 1.807) is 0 Å². The van der Waals surface area contributed by atoms with Gasteiger partial charge in [0.1, 0.15) is 6.10 Å². The van der Waals surface area contributed by atoms with E-state index in [0.29, 0.717) is 23.9 Å². The predicted octanol–water partition coefficient (Wildman–Crippen LogP) is 3.39. The molecular weight excluding hydrogens is 262 g/mol. The number of carbonyl (C=O) groups is 1. The van der Waals surface area contributed by atoms with Crippen LogP contribution in [-0.2, 0) is 9.53 Å². The number of allylic oxidation sites excluding steroid dienone is 1. The minimum atomic E-state index is 0.0500. The quantitative estimate of drug-likeness (QED) is 0.577. The molecule has 2 saturated heterocycles. The fraction of sp³-hybridized carbons (Fsp3) is 0.833. The molecule has 0 radical (unpaired) electrons. The Morgan fingerprint density at radius 1 is 1.10 bits per heavy atom. The van der Waals surface area contributed by atoms with Gasteiger partial charge in [-0.1, -0.05) is 25.0 Å². The normalized spacial score (nSPS) is 44.8. The number of hydrogen-bond donors (Lipinski definition) is 0. The van der Waals surface area contributed by atoms with E-state index in [-0.39, 0.29) is 18.0 Å². The Morgan fingerprint density at radius 2 is 1.86 bits per heavy atom.